The predicted molar refractivity (Wildman–Crippen MR) is 70.6 cm³/mol. The summed E-state index contributed by atoms with van der Waals surface area (Å²) in [6.45, 7) is 3.11. The van der Waals surface area contributed by atoms with E-state index in [4.69, 9.17) is 21.1 Å². The molecule has 0 saturated carbocycles. The molecule has 0 saturated heterocycles. The third-order valence-electron chi connectivity index (χ3n) is 2.51. The molecule has 0 radical (unpaired) electrons. The molecule has 19 heavy (non-hydrogen) atoms. The molecule has 0 atom stereocenters. The van der Waals surface area contributed by atoms with Crippen LogP contribution in [0.5, 0.6) is 0 Å². The van der Waals surface area contributed by atoms with Crippen LogP contribution in [0.3, 0.4) is 0 Å². The summed E-state index contributed by atoms with van der Waals surface area (Å²) in [7, 11) is 1.64. The van der Waals surface area contributed by atoms with Gasteiger partial charge in [-0.25, -0.2) is 8.78 Å². The summed E-state index contributed by atoms with van der Waals surface area (Å²) in [5, 5.41) is 3.35. The smallest absolute Gasteiger partial charge is 0.160 e. The minimum absolute atomic E-state index is 0.223. The summed E-state index contributed by atoms with van der Waals surface area (Å²) < 4.78 is 36.1. The number of rotatable bonds is 9. The maximum absolute atomic E-state index is 13.0. The molecule has 0 spiro atoms. The lowest BCUT2D eigenvalue weighted by molar-refractivity contribution is 0.135. The zero-order valence-corrected chi connectivity index (χ0v) is 11.6. The lowest BCUT2D eigenvalue weighted by atomic mass is 10.1. The van der Waals surface area contributed by atoms with Crippen molar-refractivity contribution in [3.05, 3.63) is 34.4 Å². The van der Waals surface area contributed by atoms with Crippen LogP contribution >= 0.6 is 11.6 Å². The fraction of sp³-hybridized carbons (Fsp3) is 0.538. The summed E-state index contributed by atoms with van der Waals surface area (Å²) in [6, 6.07) is 2.09. The molecule has 1 aromatic carbocycles. The molecule has 1 aromatic rings. The first kappa shape index (κ1) is 16.3. The molecule has 108 valence electrons. The van der Waals surface area contributed by atoms with Crippen molar-refractivity contribution in [1.29, 1.82) is 0 Å². The van der Waals surface area contributed by atoms with Gasteiger partial charge in [-0.05, 0) is 24.1 Å². The highest BCUT2D eigenvalue weighted by atomic mass is 35.5. The summed E-state index contributed by atoms with van der Waals surface area (Å²) in [5.41, 5.74) is 0.549. The normalized spacial score (nSPS) is 10.9. The van der Waals surface area contributed by atoms with Crippen molar-refractivity contribution in [2.45, 2.75) is 6.42 Å². The van der Waals surface area contributed by atoms with Gasteiger partial charge in [-0.3, -0.25) is 0 Å². The van der Waals surface area contributed by atoms with Gasteiger partial charge in [0.15, 0.2) is 11.6 Å². The minimum atomic E-state index is -0.933. The van der Waals surface area contributed by atoms with Crippen LogP contribution in [0.1, 0.15) is 5.56 Å². The van der Waals surface area contributed by atoms with E-state index in [9.17, 15) is 8.78 Å². The molecule has 0 unspecified atom stereocenters. The van der Waals surface area contributed by atoms with Gasteiger partial charge < -0.3 is 14.8 Å². The van der Waals surface area contributed by atoms with E-state index in [1.54, 1.807) is 7.11 Å². The van der Waals surface area contributed by atoms with Crippen molar-refractivity contribution >= 4 is 11.6 Å². The first-order chi connectivity index (χ1) is 9.15. The van der Waals surface area contributed by atoms with Gasteiger partial charge in [-0.15, -0.1) is 0 Å². The second kappa shape index (κ2) is 9.20. The Hall–Kier alpha value is -0.750. The van der Waals surface area contributed by atoms with Crippen LogP contribution in [0, 0.1) is 11.6 Å². The second-order valence-corrected chi connectivity index (χ2v) is 4.37. The number of hydrogen-bond donors (Lipinski definition) is 1. The maximum Gasteiger partial charge on any atom is 0.160 e. The lowest BCUT2D eigenvalue weighted by Crippen LogP contribution is -2.23. The van der Waals surface area contributed by atoms with Crippen molar-refractivity contribution in [1.82, 2.24) is 5.32 Å². The number of benzene rings is 1. The van der Waals surface area contributed by atoms with Gasteiger partial charge in [-0.2, -0.15) is 0 Å². The average Bonchev–Trinajstić information content (AvgIpc) is 2.38. The fourth-order valence-electron chi connectivity index (χ4n) is 1.48. The molecule has 0 heterocycles. The Morgan fingerprint density at radius 3 is 2.53 bits per heavy atom. The Labute approximate surface area is 116 Å². The van der Waals surface area contributed by atoms with Gasteiger partial charge in [0.2, 0.25) is 0 Å². The quantitative estimate of drug-likeness (QED) is 0.560. The van der Waals surface area contributed by atoms with E-state index in [2.05, 4.69) is 5.32 Å². The van der Waals surface area contributed by atoms with Crippen LogP contribution in [0.2, 0.25) is 5.02 Å². The molecule has 6 heteroatoms. The molecule has 0 aliphatic carbocycles. The van der Waals surface area contributed by atoms with E-state index < -0.39 is 11.6 Å². The zero-order valence-electron chi connectivity index (χ0n) is 10.8. The van der Waals surface area contributed by atoms with Crippen molar-refractivity contribution in [2.24, 2.45) is 0 Å². The van der Waals surface area contributed by atoms with Crippen molar-refractivity contribution in [3.63, 3.8) is 0 Å². The van der Waals surface area contributed by atoms with Gasteiger partial charge in [0, 0.05) is 25.2 Å². The standard InChI is InChI=1S/C13H18ClF2NO2/c1-18-6-3-17-4-7-19-5-2-10-8-12(15)13(16)9-11(10)14/h8-9,17H,2-7H2,1H3. The third kappa shape index (κ3) is 6.29. The van der Waals surface area contributed by atoms with Crippen LogP contribution in [0.25, 0.3) is 0 Å². The van der Waals surface area contributed by atoms with Crippen molar-refractivity contribution in [2.75, 3.05) is 40.0 Å². The van der Waals surface area contributed by atoms with Crippen LogP contribution in [0.15, 0.2) is 12.1 Å². The van der Waals surface area contributed by atoms with E-state index in [0.717, 1.165) is 25.2 Å². The summed E-state index contributed by atoms with van der Waals surface area (Å²) in [6.07, 6.45) is 0.452. The molecule has 1 N–H and O–H groups in total. The Morgan fingerprint density at radius 2 is 1.79 bits per heavy atom. The Bertz CT molecular complexity index is 391. The van der Waals surface area contributed by atoms with Crippen LogP contribution in [-0.4, -0.2) is 40.0 Å². The highest BCUT2D eigenvalue weighted by Gasteiger charge is 2.08. The van der Waals surface area contributed by atoms with Gasteiger partial charge in [-0.1, -0.05) is 11.6 Å². The van der Waals surface area contributed by atoms with Gasteiger partial charge >= 0.3 is 0 Å². The number of halogens is 3. The molecule has 1 rings (SSSR count). The van der Waals surface area contributed by atoms with Crippen molar-refractivity contribution < 1.29 is 18.3 Å². The summed E-state index contributed by atoms with van der Waals surface area (Å²) in [5.74, 6) is -1.82. The minimum Gasteiger partial charge on any atom is -0.383 e. The van der Waals surface area contributed by atoms with Crippen LogP contribution < -0.4 is 5.32 Å². The molecule has 0 aliphatic heterocycles. The fourth-order valence-corrected chi connectivity index (χ4v) is 1.73. The molecule has 0 fully saturated rings. The average molecular weight is 294 g/mol. The van der Waals surface area contributed by atoms with Crippen LogP contribution in [0.4, 0.5) is 8.78 Å². The van der Waals surface area contributed by atoms with Crippen LogP contribution in [-0.2, 0) is 15.9 Å². The molecule has 0 aliphatic rings. The second-order valence-electron chi connectivity index (χ2n) is 3.96. The topological polar surface area (TPSA) is 30.5 Å². The molecular weight excluding hydrogens is 276 g/mol. The largest absolute Gasteiger partial charge is 0.383 e. The van der Waals surface area contributed by atoms with Gasteiger partial charge in [0.25, 0.3) is 0 Å². The summed E-state index contributed by atoms with van der Waals surface area (Å²) in [4.78, 5) is 0. The maximum atomic E-state index is 13.0. The summed E-state index contributed by atoms with van der Waals surface area (Å²) >= 11 is 5.81. The number of nitrogens with one attached hydrogen (secondary N) is 1. The highest BCUT2D eigenvalue weighted by Crippen LogP contribution is 2.20. The SMILES string of the molecule is COCCNCCOCCc1cc(F)c(F)cc1Cl. The monoisotopic (exact) mass is 293 g/mol. The van der Waals surface area contributed by atoms with E-state index in [-0.39, 0.29) is 5.02 Å². The third-order valence-corrected chi connectivity index (χ3v) is 2.86. The Kier molecular flexibility index (Phi) is 7.90. The first-order valence-electron chi connectivity index (χ1n) is 6.06. The number of methoxy groups -OCH3 is 1. The van der Waals surface area contributed by atoms with E-state index >= 15 is 0 Å². The predicted octanol–water partition coefficient (Wildman–Crippen LogP) is 2.41. The zero-order chi connectivity index (χ0) is 14.1. The first-order valence-corrected chi connectivity index (χ1v) is 6.43. The van der Waals surface area contributed by atoms with E-state index in [1.807, 2.05) is 0 Å². The van der Waals surface area contributed by atoms with E-state index in [1.165, 1.54) is 0 Å². The Morgan fingerprint density at radius 1 is 1.11 bits per heavy atom. The highest BCUT2D eigenvalue weighted by molar-refractivity contribution is 6.31. The molecular formula is C13H18ClF2NO2. The van der Waals surface area contributed by atoms with Crippen molar-refractivity contribution in [3.8, 4) is 0 Å². The lowest BCUT2D eigenvalue weighted by Gasteiger charge is -2.07. The molecule has 0 aromatic heterocycles. The van der Waals surface area contributed by atoms with E-state index in [0.29, 0.717) is 31.8 Å². The molecule has 3 nitrogen and oxygen atoms in total. The van der Waals surface area contributed by atoms with Gasteiger partial charge in [0.1, 0.15) is 0 Å². The Balaban J connectivity index is 2.17. The van der Waals surface area contributed by atoms with Gasteiger partial charge in [0.05, 0.1) is 19.8 Å². The molecule has 0 amide bonds. The molecule has 0 bridgehead atoms. The number of hydrogen-bond acceptors (Lipinski definition) is 3. The number of ether oxygens (including phenoxy) is 2.